The van der Waals surface area contributed by atoms with Crippen molar-refractivity contribution in [3.63, 3.8) is 0 Å². The second kappa shape index (κ2) is 7.17. The van der Waals surface area contributed by atoms with Gasteiger partial charge in [0.1, 0.15) is 10.3 Å². The molecule has 1 N–H and O–H groups in total. The van der Waals surface area contributed by atoms with Crippen molar-refractivity contribution in [3.05, 3.63) is 52.8 Å². The fourth-order valence-corrected chi connectivity index (χ4v) is 5.25. The lowest BCUT2D eigenvalue weighted by molar-refractivity contribution is 0.0786. The van der Waals surface area contributed by atoms with Crippen LogP contribution in [0.3, 0.4) is 0 Å². The number of carbonyl (C=O) groups excluding carboxylic acids is 2. The van der Waals surface area contributed by atoms with Crippen LogP contribution in [0, 0.1) is 0 Å². The molecule has 1 aliphatic rings. The predicted molar refractivity (Wildman–Crippen MR) is 115 cm³/mol. The summed E-state index contributed by atoms with van der Waals surface area (Å²) in [6.07, 6.45) is 4.06. The maximum Gasteiger partial charge on any atom is 0.275 e. The Hall–Kier alpha value is -3.33. The molecular weight excluding hydrogens is 400 g/mol. The molecule has 9 heteroatoms. The molecule has 30 heavy (non-hydrogen) atoms. The van der Waals surface area contributed by atoms with Crippen LogP contribution in [-0.4, -0.2) is 69.0 Å². The van der Waals surface area contributed by atoms with Crippen LogP contribution in [0.4, 0.5) is 0 Å². The average molecular weight is 420 g/mol. The number of hydrogen-bond acceptors (Lipinski definition) is 6. The molecule has 4 heterocycles. The number of aromatic nitrogens is 4. The fourth-order valence-electron chi connectivity index (χ4n) is 4.04. The molecule has 0 radical (unpaired) electrons. The van der Waals surface area contributed by atoms with E-state index >= 15 is 0 Å². The molecule has 0 spiro atoms. The Labute approximate surface area is 176 Å². The zero-order valence-corrected chi connectivity index (χ0v) is 17.4. The number of nitrogens with one attached hydrogen (secondary N) is 1. The minimum Gasteiger partial charge on any atom is -0.344 e. The number of amides is 2. The van der Waals surface area contributed by atoms with Crippen molar-refractivity contribution < 1.29 is 9.59 Å². The van der Waals surface area contributed by atoms with Gasteiger partial charge in [0.25, 0.3) is 11.8 Å². The van der Waals surface area contributed by atoms with E-state index in [1.165, 1.54) is 11.3 Å². The smallest absolute Gasteiger partial charge is 0.275 e. The van der Waals surface area contributed by atoms with E-state index in [9.17, 15) is 9.59 Å². The van der Waals surface area contributed by atoms with Crippen LogP contribution in [0.1, 0.15) is 38.1 Å². The van der Waals surface area contributed by atoms with E-state index in [0.29, 0.717) is 23.7 Å². The molecule has 4 aromatic rings. The number of thiophene rings is 1. The third-order valence-corrected chi connectivity index (χ3v) is 6.61. The lowest BCUT2D eigenvalue weighted by Crippen LogP contribution is -2.29. The summed E-state index contributed by atoms with van der Waals surface area (Å²) in [4.78, 5) is 39.7. The third-order valence-electron chi connectivity index (χ3n) is 5.52. The van der Waals surface area contributed by atoms with E-state index in [4.69, 9.17) is 0 Å². The predicted octanol–water partition coefficient (Wildman–Crippen LogP) is 2.90. The molecule has 0 bridgehead atoms. The summed E-state index contributed by atoms with van der Waals surface area (Å²) in [5, 5.41) is 8.00. The van der Waals surface area contributed by atoms with Crippen molar-refractivity contribution in [1.82, 2.24) is 30.0 Å². The maximum absolute atomic E-state index is 13.2. The second-order valence-corrected chi connectivity index (χ2v) is 8.61. The summed E-state index contributed by atoms with van der Waals surface area (Å²) in [6, 6.07) is 7.61. The van der Waals surface area contributed by atoms with Crippen LogP contribution in [0.5, 0.6) is 0 Å². The van der Waals surface area contributed by atoms with Crippen molar-refractivity contribution in [2.75, 3.05) is 27.2 Å². The van der Waals surface area contributed by atoms with Gasteiger partial charge in [0, 0.05) is 56.4 Å². The zero-order valence-electron chi connectivity index (χ0n) is 16.6. The van der Waals surface area contributed by atoms with E-state index in [-0.39, 0.29) is 17.7 Å². The molecule has 0 aliphatic carbocycles. The quantitative estimate of drug-likeness (QED) is 0.550. The van der Waals surface area contributed by atoms with Gasteiger partial charge < -0.3 is 9.80 Å². The average Bonchev–Trinajstić information content (AvgIpc) is 3.48. The molecule has 3 aromatic heterocycles. The molecule has 0 unspecified atom stereocenters. The maximum atomic E-state index is 13.2. The largest absolute Gasteiger partial charge is 0.344 e. The van der Waals surface area contributed by atoms with Crippen molar-refractivity contribution in [3.8, 4) is 0 Å². The minimum atomic E-state index is -0.0962. The molecule has 1 saturated heterocycles. The summed E-state index contributed by atoms with van der Waals surface area (Å²) >= 11 is 1.37. The van der Waals surface area contributed by atoms with E-state index in [1.54, 1.807) is 31.4 Å². The Bertz CT molecular complexity index is 1280. The molecule has 2 amide bonds. The van der Waals surface area contributed by atoms with Gasteiger partial charge in [-0.25, -0.2) is 4.98 Å². The van der Waals surface area contributed by atoms with Crippen LogP contribution < -0.4 is 0 Å². The van der Waals surface area contributed by atoms with E-state index in [0.717, 1.165) is 33.2 Å². The zero-order chi connectivity index (χ0) is 20.8. The number of H-pyrrole nitrogens is 1. The lowest BCUT2D eigenvalue weighted by atomic mass is 9.97. The number of benzene rings is 1. The van der Waals surface area contributed by atoms with Gasteiger partial charge in [0.2, 0.25) is 0 Å². The highest BCUT2D eigenvalue weighted by molar-refractivity contribution is 7.20. The van der Waals surface area contributed by atoms with Gasteiger partial charge in [-0.15, -0.1) is 11.3 Å². The molecule has 1 fully saturated rings. The van der Waals surface area contributed by atoms with Crippen molar-refractivity contribution in [2.24, 2.45) is 0 Å². The van der Waals surface area contributed by atoms with E-state index < -0.39 is 0 Å². The van der Waals surface area contributed by atoms with E-state index in [1.807, 2.05) is 29.2 Å². The summed E-state index contributed by atoms with van der Waals surface area (Å²) in [5.74, 6) is -0.123. The SMILES string of the molecule is CN(C)C(=O)c1sc2nccnc2c1[C@@H]1CCN(C(=O)c2n[nH]c3ccccc23)C1. The number of nitrogens with zero attached hydrogens (tertiary/aromatic N) is 5. The minimum absolute atomic E-state index is 0.0310. The first-order chi connectivity index (χ1) is 14.5. The van der Waals surface area contributed by atoms with Crippen LogP contribution in [0.15, 0.2) is 36.7 Å². The Morgan fingerprint density at radius 3 is 2.83 bits per heavy atom. The molecule has 8 nitrogen and oxygen atoms in total. The van der Waals surface area contributed by atoms with Gasteiger partial charge in [-0.05, 0) is 12.5 Å². The van der Waals surface area contributed by atoms with Crippen LogP contribution in [-0.2, 0) is 0 Å². The normalized spacial score (nSPS) is 16.5. The highest BCUT2D eigenvalue weighted by Gasteiger charge is 2.35. The lowest BCUT2D eigenvalue weighted by Gasteiger charge is -2.17. The third kappa shape index (κ3) is 2.93. The van der Waals surface area contributed by atoms with Crippen molar-refractivity contribution in [2.45, 2.75) is 12.3 Å². The summed E-state index contributed by atoms with van der Waals surface area (Å²) in [7, 11) is 3.48. The highest BCUT2D eigenvalue weighted by Crippen LogP contribution is 2.39. The van der Waals surface area contributed by atoms with E-state index in [2.05, 4.69) is 20.2 Å². The summed E-state index contributed by atoms with van der Waals surface area (Å²) in [5.41, 5.74) is 2.95. The first-order valence-corrected chi connectivity index (χ1v) is 10.5. The molecule has 0 saturated carbocycles. The monoisotopic (exact) mass is 420 g/mol. The first-order valence-electron chi connectivity index (χ1n) is 9.72. The number of para-hydroxylation sites is 1. The van der Waals surface area contributed by atoms with Crippen molar-refractivity contribution in [1.29, 1.82) is 0 Å². The molecule has 1 atom stereocenters. The Kier molecular flexibility index (Phi) is 4.47. The highest BCUT2D eigenvalue weighted by atomic mass is 32.1. The fraction of sp³-hybridized carbons (Fsp3) is 0.286. The summed E-state index contributed by atoms with van der Waals surface area (Å²) < 4.78 is 0. The Balaban J connectivity index is 1.49. The summed E-state index contributed by atoms with van der Waals surface area (Å²) in [6.45, 7) is 1.13. The van der Waals surface area contributed by atoms with Crippen LogP contribution in [0.25, 0.3) is 21.3 Å². The number of fused-ring (bicyclic) bond motifs is 2. The Morgan fingerprint density at radius 2 is 2.00 bits per heavy atom. The van der Waals surface area contributed by atoms with Gasteiger partial charge in [0.15, 0.2) is 5.69 Å². The van der Waals surface area contributed by atoms with Gasteiger partial charge in [-0.3, -0.25) is 19.7 Å². The number of rotatable bonds is 3. The standard InChI is InChI=1S/C21H20N6O2S/c1-26(2)21(29)18-15(17-19(30-18)23-9-8-22-17)12-7-10-27(11-12)20(28)16-13-5-3-4-6-14(13)24-25-16/h3-6,8-9,12H,7,10-11H2,1-2H3,(H,24,25)/t12-/m1/s1. The first kappa shape index (κ1) is 18.7. The van der Waals surface area contributed by atoms with Crippen molar-refractivity contribution >= 4 is 44.4 Å². The van der Waals surface area contributed by atoms with Crippen LogP contribution in [0.2, 0.25) is 0 Å². The number of carbonyl (C=O) groups is 2. The number of likely N-dealkylation sites (tertiary alicyclic amines) is 1. The molecular formula is C21H20N6O2S. The van der Waals surface area contributed by atoms with Gasteiger partial charge in [-0.2, -0.15) is 5.10 Å². The van der Waals surface area contributed by atoms with Gasteiger partial charge >= 0.3 is 0 Å². The topological polar surface area (TPSA) is 95.1 Å². The Morgan fingerprint density at radius 1 is 1.20 bits per heavy atom. The molecule has 1 aromatic carbocycles. The van der Waals surface area contributed by atoms with Gasteiger partial charge in [-0.1, -0.05) is 18.2 Å². The molecule has 152 valence electrons. The molecule has 5 rings (SSSR count). The second-order valence-electron chi connectivity index (χ2n) is 7.61. The van der Waals surface area contributed by atoms with Gasteiger partial charge in [0.05, 0.1) is 10.4 Å². The molecule has 1 aliphatic heterocycles. The number of aromatic amines is 1. The number of hydrogen-bond donors (Lipinski definition) is 1. The van der Waals surface area contributed by atoms with Crippen LogP contribution >= 0.6 is 11.3 Å².